The summed E-state index contributed by atoms with van der Waals surface area (Å²) in [6.45, 7) is 7.03. The smallest absolute Gasteiger partial charge is 0.246 e. The van der Waals surface area contributed by atoms with Gasteiger partial charge in [0.2, 0.25) is 10.0 Å². The van der Waals surface area contributed by atoms with E-state index in [-0.39, 0.29) is 0 Å². The number of rotatable bonds is 7. The van der Waals surface area contributed by atoms with Crippen LogP contribution in [0.2, 0.25) is 0 Å². The molecule has 1 heterocycles. The molecule has 2 N–H and O–H groups in total. The third-order valence-electron chi connectivity index (χ3n) is 3.15. The molecule has 6 nitrogen and oxygen atoms in total. The van der Waals surface area contributed by atoms with Crippen LogP contribution in [0.25, 0.3) is 0 Å². The van der Waals surface area contributed by atoms with Crippen molar-refractivity contribution >= 4 is 10.0 Å². The lowest BCUT2D eigenvalue weighted by Crippen LogP contribution is -2.28. The SMILES string of the molecule is CCCCN(C)S(=O)(=O)c1c(C)nn(CCN)c1C. The lowest BCUT2D eigenvalue weighted by molar-refractivity contribution is 0.458. The fourth-order valence-corrected chi connectivity index (χ4v) is 3.62. The molecule has 0 saturated heterocycles. The molecule has 0 bridgehead atoms. The van der Waals surface area contributed by atoms with E-state index < -0.39 is 10.0 Å². The normalized spacial score (nSPS) is 12.3. The monoisotopic (exact) mass is 288 g/mol. The Hall–Kier alpha value is -0.920. The Morgan fingerprint density at radius 3 is 2.53 bits per heavy atom. The van der Waals surface area contributed by atoms with Crippen LogP contribution in [0.3, 0.4) is 0 Å². The Morgan fingerprint density at radius 2 is 2.00 bits per heavy atom. The van der Waals surface area contributed by atoms with Gasteiger partial charge in [0.15, 0.2) is 0 Å². The van der Waals surface area contributed by atoms with Gasteiger partial charge in [0, 0.05) is 20.1 Å². The number of hydrogen-bond acceptors (Lipinski definition) is 4. The molecule has 0 aliphatic rings. The Balaban J connectivity index is 3.14. The summed E-state index contributed by atoms with van der Waals surface area (Å²) in [5.74, 6) is 0. The van der Waals surface area contributed by atoms with Crippen molar-refractivity contribution in [3.05, 3.63) is 11.4 Å². The second-order valence-corrected chi connectivity index (χ2v) is 6.67. The van der Waals surface area contributed by atoms with Crippen LogP contribution in [0.15, 0.2) is 4.90 Å². The number of nitrogens with two attached hydrogens (primary N) is 1. The van der Waals surface area contributed by atoms with Gasteiger partial charge in [-0.2, -0.15) is 5.10 Å². The fourth-order valence-electron chi connectivity index (χ4n) is 2.05. The van der Waals surface area contributed by atoms with Crippen molar-refractivity contribution in [1.82, 2.24) is 14.1 Å². The molecule has 110 valence electrons. The Morgan fingerprint density at radius 1 is 1.37 bits per heavy atom. The second kappa shape index (κ2) is 6.49. The van der Waals surface area contributed by atoms with E-state index in [4.69, 9.17) is 5.73 Å². The summed E-state index contributed by atoms with van der Waals surface area (Å²) < 4.78 is 28.1. The van der Waals surface area contributed by atoms with Crippen LogP contribution in [-0.4, -0.2) is 42.6 Å². The summed E-state index contributed by atoms with van der Waals surface area (Å²) in [7, 11) is -1.85. The van der Waals surface area contributed by atoms with Crippen molar-refractivity contribution in [3.8, 4) is 0 Å². The van der Waals surface area contributed by atoms with Gasteiger partial charge in [-0.3, -0.25) is 4.68 Å². The number of sulfonamides is 1. The minimum Gasteiger partial charge on any atom is -0.329 e. The summed E-state index contributed by atoms with van der Waals surface area (Å²) in [4.78, 5) is 0.319. The molecule has 0 atom stereocenters. The standard InChI is InChI=1S/C12H24N4O2S/c1-5-6-8-15(4)19(17,18)12-10(2)14-16(9-7-13)11(12)3/h5-9,13H2,1-4H3. The summed E-state index contributed by atoms with van der Waals surface area (Å²) in [5.41, 5.74) is 6.70. The largest absolute Gasteiger partial charge is 0.329 e. The maximum Gasteiger partial charge on any atom is 0.246 e. The molecule has 1 aromatic heterocycles. The minimum absolute atomic E-state index is 0.319. The predicted octanol–water partition coefficient (Wildman–Crippen LogP) is 0.879. The maximum absolute atomic E-state index is 12.5. The molecule has 1 rings (SSSR count). The van der Waals surface area contributed by atoms with Crippen molar-refractivity contribution < 1.29 is 8.42 Å². The van der Waals surface area contributed by atoms with E-state index in [1.54, 1.807) is 25.6 Å². The fraction of sp³-hybridized carbons (Fsp3) is 0.750. The van der Waals surface area contributed by atoms with E-state index in [0.717, 1.165) is 12.8 Å². The number of aromatic nitrogens is 2. The Bertz CT molecular complexity index is 522. The van der Waals surface area contributed by atoms with Crippen molar-refractivity contribution in [2.24, 2.45) is 5.73 Å². The maximum atomic E-state index is 12.5. The number of unbranched alkanes of at least 4 members (excludes halogenated alkanes) is 1. The van der Waals surface area contributed by atoms with E-state index in [1.165, 1.54) is 4.31 Å². The van der Waals surface area contributed by atoms with Crippen molar-refractivity contribution in [3.63, 3.8) is 0 Å². The molecule has 0 unspecified atom stereocenters. The van der Waals surface area contributed by atoms with Crippen molar-refractivity contribution in [2.75, 3.05) is 20.1 Å². The highest BCUT2D eigenvalue weighted by atomic mass is 32.2. The van der Waals surface area contributed by atoms with Crippen LogP contribution < -0.4 is 5.73 Å². The first-order valence-corrected chi connectivity index (χ1v) is 8.00. The van der Waals surface area contributed by atoms with Crippen LogP contribution in [0, 0.1) is 13.8 Å². The molecule has 0 amide bonds. The van der Waals surface area contributed by atoms with Crippen LogP contribution in [0.1, 0.15) is 31.2 Å². The topological polar surface area (TPSA) is 81.2 Å². The van der Waals surface area contributed by atoms with Gasteiger partial charge in [0.05, 0.1) is 17.9 Å². The van der Waals surface area contributed by atoms with Crippen LogP contribution in [0.4, 0.5) is 0 Å². The Kier molecular flexibility index (Phi) is 5.51. The molecule has 1 aromatic rings. The highest BCUT2D eigenvalue weighted by molar-refractivity contribution is 7.89. The number of hydrogen-bond donors (Lipinski definition) is 1. The van der Waals surface area contributed by atoms with Gasteiger partial charge >= 0.3 is 0 Å². The third kappa shape index (κ3) is 3.34. The highest BCUT2D eigenvalue weighted by Crippen LogP contribution is 2.22. The molecule has 19 heavy (non-hydrogen) atoms. The first kappa shape index (κ1) is 16.1. The van der Waals surface area contributed by atoms with E-state index in [2.05, 4.69) is 5.10 Å². The van der Waals surface area contributed by atoms with Gasteiger partial charge in [0.25, 0.3) is 0 Å². The zero-order chi connectivity index (χ0) is 14.6. The molecule has 0 spiro atoms. The van der Waals surface area contributed by atoms with Crippen molar-refractivity contribution in [2.45, 2.75) is 45.1 Å². The molecule has 0 aromatic carbocycles. The average Bonchev–Trinajstić information content (AvgIpc) is 2.62. The third-order valence-corrected chi connectivity index (χ3v) is 5.26. The summed E-state index contributed by atoms with van der Waals surface area (Å²) in [6.07, 6.45) is 1.81. The van der Waals surface area contributed by atoms with Crippen molar-refractivity contribution in [1.29, 1.82) is 0 Å². The van der Waals surface area contributed by atoms with Gasteiger partial charge in [0.1, 0.15) is 4.90 Å². The molecular formula is C12H24N4O2S. The van der Waals surface area contributed by atoms with Crippen LogP contribution in [-0.2, 0) is 16.6 Å². The quantitative estimate of drug-likeness (QED) is 0.807. The molecule has 7 heteroatoms. The van der Waals surface area contributed by atoms with E-state index in [9.17, 15) is 8.42 Å². The van der Waals surface area contributed by atoms with Gasteiger partial charge in [-0.15, -0.1) is 0 Å². The molecule has 0 radical (unpaired) electrons. The average molecular weight is 288 g/mol. The van der Waals surface area contributed by atoms with Gasteiger partial charge in [-0.1, -0.05) is 13.3 Å². The highest BCUT2D eigenvalue weighted by Gasteiger charge is 2.28. The minimum atomic E-state index is -3.46. The lowest BCUT2D eigenvalue weighted by atomic mass is 10.3. The second-order valence-electron chi connectivity index (χ2n) is 4.69. The van der Waals surface area contributed by atoms with Gasteiger partial charge in [-0.05, 0) is 20.3 Å². The van der Waals surface area contributed by atoms with E-state index in [0.29, 0.717) is 35.9 Å². The summed E-state index contributed by atoms with van der Waals surface area (Å²) in [6, 6.07) is 0. The number of nitrogens with zero attached hydrogens (tertiary/aromatic N) is 3. The predicted molar refractivity (Wildman–Crippen MR) is 75.5 cm³/mol. The summed E-state index contributed by atoms with van der Waals surface area (Å²) >= 11 is 0. The van der Waals surface area contributed by atoms with Crippen LogP contribution in [0.5, 0.6) is 0 Å². The molecule has 0 aliphatic heterocycles. The van der Waals surface area contributed by atoms with Crippen LogP contribution >= 0.6 is 0 Å². The van der Waals surface area contributed by atoms with E-state index >= 15 is 0 Å². The molecule has 0 aliphatic carbocycles. The first-order chi connectivity index (χ1) is 8.86. The van der Waals surface area contributed by atoms with E-state index in [1.807, 2.05) is 6.92 Å². The zero-order valence-corrected chi connectivity index (χ0v) is 13.0. The summed E-state index contributed by atoms with van der Waals surface area (Å²) in [5, 5.41) is 4.26. The molecular weight excluding hydrogens is 264 g/mol. The van der Waals surface area contributed by atoms with Gasteiger partial charge in [-0.25, -0.2) is 12.7 Å². The number of aryl methyl sites for hydroxylation is 1. The first-order valence-electron chi connectivity index (χ1n) is 6.56. The lowest BCUT2D eigenvalue weighted by Gasteiger charge is -2.17. The molecule has 0 fully saturated rings. The van der Waals surface area contributed by atoms with Gasteiger partial charge < -0.3 is 5.73 Å². The molecule has 0 saturated carbocycles. The Labute approximate surface area is 115 Å². The zero-order valence-electron chi connectivity index (χ0n) is 12.2.